The van der Waals surface area contributed by atoms with Gasteiger partial charge in [-0.15, -0.1) is 23.7 Å². The highest BCUT2D eigenvalue weighted by Gasteiger charge is 2.30. The molecular formula is C26H29ClN2O5S2. The highest BCUT2D eigenvalue weighted by molar-refractivity contribution is 7.91. The van der Waals surface area contributed by atoms with E-state index >= 15 is 0 Å². The normalized spacial score (nSPS) is 13.4. The minimum Gasteiger partial charge on any atom is -0.462 e. The topological polar surface area (TPSA) is 92.8 Å². The lowest BCUT2D eigenvalue weighted by Crippen LogP contribution is -2.29. The van der Waals surface area contributed by atoms with Gasteiger partial charge in [-0.1, -0.05) is 43.3 Å². The predicted molar refractivity (Wildman–Crippen MR) is 144 cm³/mol. The number of anilines is 1. The smallest absolute Gasteiger partial charge is 0.341 e. The average Bonchev–Trinajstić information content (AvgIpc) is 3.22. The zero-order valence-electron chi connectivity index (χ0n) is 20.2. The molecule has 1 aliphatic rings. The van der Waals surface area contributed by atoms with Crippen LogP contribution < -0.4 is 5.32 Å². The standard InChI is InChI=1S/C26H28N2O5S2.ClH/c1-3-33-26(30)23-21-13-14-28(16-18-9-6-5-7-10-18)17-22(21)34-25(23)27-24(29)19-11-8-12-20(15-19)35(31,32)4-2;/h5-12,15H,3-4,13-14,16-17H2,1-2H3,(H,27,29);1H. The van der Waals surface area contributed by atoms with Crippen LogP contribution in [0.15, 0.2) is 59.5 Å². The van der Waals surface area contributed by atoms with Crippen molar-refractivity contribution in [3.05, 3.63) is 81.7 Å². The van der Waals surface area contributed by atoms with E-state index in [2.05, 4.69) is 22.3 Å². The van der Waals surface area contributed by atoms with Gasteiger partial charge in [-0.05, 0) is 42.7 Å². The Hall–Kier alpha value is -2.72. The predicted octanol–water partition coefficient (Wildman–Crippen LogP) is 4.95. The second kappa shape index (κ2) is 12.0. The molecule has 0 unspecified atom stereocenters. The molecule has 7 nitrogen and oxygen atoms in total. The number of hydrogen-bond donors (Lipinski definition) is 1. The summed E-state index contributed by atoms with van der Waals surface area (Å²) in [5.74, 6) is -0.982. The Bertz CT molecular complexity index is 1340. The molecule has 3 aromatic rings. The van der Waals surface area contributed by atoms with Crippen molar-refractivity contribution in [2.24, 2.45) is 0 Å². The van der Waals surface area contributed by atoms with Crippen LogP contribution in [0.4, 0.5) is 5.00 Å². The van der Waals surface area contributed by atoms with Gasteiger partial charge in [0.05, 0.1) is 22.8 Å². The van der Waals surface area contributed by atoms with E-state index in [-0.39, 0.29) is 35.2 Å². The molecule has 1 aliphatic heterocycles. The summed E-state index contributed by atoms with van der Waals surface area (Å²) in [6, 6.07) is 16.2. The van der Waals surface area contributed by atoms with Crippen molar-refractivity contribution < 1.29 is 22.7 Å². The van der Waals surface area contributed by atoms with Gasteiger partial charge in [0.15, 0.2) is 9.84 Å². The van der Waals surface area contributed by atoms with Crippen molar-refractivity contribution in [2.75, 3.05) is 24.2 Å². The van der Waals surface area contributed by atoms with E-state index in [0.29, 0.717) is 23.5 Å². The van der Waals surface area contributed by atoms with Gasteiger partial charge in [-0.3, -0.25) is 9.69 Å². The van der Waals surface area contributed by atoms with Crippen LogP contribution >= 0.6 is 23.7 Å². The summed E-state index contributed by atoms with van der Waals surface area (Å²) < 4.78 is 29.8. The highest BCUT2D eigenvalue weighted by atomic mass is 35.5. The van der Waals surface area contributed by atoms with Gasteiger partial charge in [0.1, 0.15) is 5.00 Å². The van der Waals surface area contributed by atoms with Gasteiger partial charge in [0.2, 0.25) is 0 Å². The van der Waals surface area contributed by atoms with E-state index in [4.69, 9.17) is 4.74 Å². The molecule has 0 fully saturated rings. The number of fused-ring (bicyclic) bond motifs is 1. The van der Waals surface area contributed by atoms with E-state index < -0.39 is 21.7 Å². The van der Waals surface area contributed by atoms with Crippen molar-refractivity contribution >= 4 is 50.5 Å². The molecule has 36 heavy (non-hydrogen) atoms. The van der Waals surface area contributed by atoms with Gasteiger partial charge < -0.3 is 10.1 Å². The Kier molecular flexibility index (Phi) is 9.30. The largest absolute Gasteiger partial charge is 0.462 e. The lowest BCUT2D eigenvalue weighted by Gasteiger charge is -2.27. The van der Waals surface area contributed by atoms with Crippen LogP contribution in [0.5, 0.6) is 0 Å². The maximum Gasteiger partial charge on any atom is 0.341 e. The van der Waals surface area contributed by atoms with E-state index in [1.54, 1.807) is 26.0 Å². The molecule has 0 atom stereocenters. The summed E-state index contributed by atoms with van der Waals surface area (Å²) in [6.07, 6.45) is 0.674. The number of nitrogens with one attached hydrogen (secondary N) is 1. The number of sulfone groups is 1. The maximum atomic E-state index is 13.1. The lowest BCUT2D eigenvalue weighted by atomic mass is 10.0. The van der Waals surface area contributed by atoms with E-state index in [9.17, 15) is 18.0 Å². The van der Waals surface area contributed by atoms with Crippen LogP contribution in [0.25, 0.3) is 0 Å². The Morgan fingerprint density at radius 2 is 1.83 bits per heavy atom. The van der Waals surface area contributed by atoms with Crippen molar-refractivity contribution in [1.29, 1.82) is 0 Å². The number of carbonyl (C=O) groups is 2. The van der Waals surface area contributed by atoms with Gasteiger partial charge in [0, 0.05) is 30.1 Å². The molecule has 0 bridgehead atoms. The number of amides is 1. The lowest BCUT2D eigenvalue weighted by molar-refractivity contribution is 0.0526. The van der Waals surface area contributed by atoms with Crippen molar-refractivity contribution in [3.8, 4) is 0 Å². The zero-order valence-corrected chi connectivity index (χ0v) is 22.6. The molecule has 0 aliphatic carbocycles. The fourth-order valence-electron chi connectivity index (χ4n) is 4.11. The molecule has 1 N–H and O–H groups in total. The van der Waals surface area contributed by atoms with Crippen molar-refractivity contribution in [1.82, 2.24) is 4.90 Å². The first kappa shape index (κ1) is 27.9. The van der Waals surface area contributed by atoms with Crippen molar-refractivity contribution in [2.45, 2.75) is 38.3 Å². The van der Waals surface area contributed by atoms with Gasteiger partial charge in [-0.2, -0.15) is 0 Å². The Morgan fingerprint density at radius 3 is 2.53 bits per heavy atom. The molecule has 1 aromatic heterocycles. The fourth-order valence-corrected chi connectivity index (χ4v) is 6.31. The third kappa shape index (κ3) is 6.15. The minimum atomic E-state index is -3.45. The minimum absolute atomic E-state index is 0. The van der Waals surface area contributed by atoms with Crippen LogP contribution in [0.3, 0.4) is 0 Å². The van der Waals surface area contributed by atoms with Gasteiger partial charge >= 0.3 is 5.97 Å². The average molecular weight is 549 g/mol. The van der Waals surface area contributed by atoms with E-state index in [1.807, 2.05) is 18.2 Å². The van der Waals surface area contributed by atoms with Gasteiger partial charge in [-0.25, -0.2) is 13.2 Å². The molecule has 192 valence electrons. The molecule has 4 rings (SSSR count). The summed E-state index contributed by atoms with van der Waals surface area (Å²) in [6.45, 7) is 5.79. The molecule has 2 aromatic carbocycles. The molecule has 0 saturated heterocycles. The number of ether oxygens (including phenoxy) is 1. The number of rotatable bonds is 8. The molecule has 0 saturated carbocycles. The summed E-state index contributed by atoms with van der Waals surface area (Å²) in [5.41, 5.74) is 2.74. The number of hydrogen-bond acceptors (Lipinski definition) is 7. The number of nitrogens with zero attached hydrogens (tertiary/aromatic N) is 1. The molecular weight excluding hydrogens is 520 g/mol. The maximum absolute atomic E-state index is 13.1. The Labute approximate surface area is 221 Å². The summed E-state index contributed by atoms with van der Waals surface area (Å²) in [5, 5.41) is 3.28. The Balaban J connectivity index is 0.00000361. The first-order valence-electron chi connectivity index (χ1n) is 11.5. The second-order valence-electron chi connectivity index (χ2n) is 8.26. The number of esters is 1. The van der Waals surface area contributed by atoms with Crippen LogP contribution in [-0.2, 0) is 34.1 Å². The van der Waals surface area contributed by atoms with E-state index in [1.165, 1.54) is 29.0 Å². The molecule has 10 heteroatoms. The molecule has 0 radical (unpaired) electrons. The summed E-state index contributed by atoms with van der Waals surface area (Å²) in [4.78, 5) is 29.4. The quantitative estimate of drug-likeness (QED) is 0.400. The zero-order chi connectivity index (χ0) is 25.0. The van der Waals surface area contributed by atoms with Gasteiger partial charge in [0.25, 0.3) is 5.91 Å². The van der Waals surface area contributed by atoms with E-state index in [0.717, 1.165) is 23.5 Å². The summed E-state index contributed by atoms with van der Waals surface area (Å²) in [7, 11) is -3.45. The van der Waals surface area contributed by atoms with Crippen LogP contribution in [0.1, 0.15) is 50.6 Å². The summed E-state index contributed by atoms with van der Waals surface area (Å²) >= 11 is 1.38. The first-order valence-corrected chi connectivity index (χ1v) is 14.0. The third-order valence-electron chi connectivity index (χ3n) is 5.93. The Morgan fingerprint density at radius 1 is 1.08 bits per heavy atom. The van der Waals surface area contributed by atoms with Crippen LogP contribution in [0.2, 0.25) is 0 Å². The fraction of sp³-hybridized carbons (Fsp3) is 0.308. The second-order valence-corrected chi connectivity index (χ2v) is 11.6. The third-order valence-corrected chi connectivity index (χ3v) is 8.79. The molecule has 0 spiro atoms. The first-order chi connectivity index (χ1) is 16.8. The molecule has 2 heterocycles. The number of thiophene rings is 1. The number of carbonyl (C=O) groups excluding carboxylic acids is 2. The SMILES string of the molecule is CCOC(=O)c1c(NC(=O)c2cccc(S(=O)(=O)CC)c2)sc2c1CCN(Cc1ccccc1)C2.Cl. The number of benzene rings is 2. The van der Waals surface area contributed by atoms with Crippen molar-refractivity contribution in [3.63, 3.8) is 0 Å². The van der Waals surface area contributed by atoms with Crippen LogP contribution in [0, 0.1) is 0 Å². The monoisotopic (exact) mass is 548 g/mol. The molecule has 1 amide bonds. The van der Waals surface area contributed by atoms with Crippen LogP contribution in [-0.4, -0.2) is 44.1 Å². The highest BCUT2D eigenvalue weighted by Crippen LogP contribution is 2.38. The number of halogens is 1.